The maximum absolute atomic E-state index is 12.6. The van der Waals surface area contributed by atoms with Crippen LogP contribution in [-0.4, -0.2) is 29.0 Å². The fourth-order valence-corrected chi connectivity index (χ4v) is 2.77. The summed E-state index contributed by atoms with van der Waals surface area (Å²) in [5.41, 5.74) is 2.22. The number of rotatable bonds is 9. The Kier molecular flexibility index (Phi) is 6.95. The van der Waals surface area contributed by atoms with Gasteiger partial charge in [-0.1, -0.05) is 42.5 Å². The Labute approximate surface area is 165 Å². The van der Waals surface area contributed by atoms with E-state index < -0.39 is 0 Å². The van der Waals surface area contributed by atoms with Gasteiger partial charge in [-0.3, -0.25) is 4.79 Å². The van der Waals surface area contributed by atoms with Crippen molar-refractivity contribution in [1.29, 1.82) is 0 Å². The van der Waals surface area contributed by atoms with Crippen LogP contribution in [0.2, 0.25) is 0 Å². The fourth-order valence-electron chi connectivity index (χ4n) is 2.77. The molecule has 0 bridgehead atoms. The minimum atomic E-state index is -0.304. The number of benzene rings is 2. The smallest absolute Gasteiger partial charge is 0.274 e. The zero-order chi connectivity index (χ0) is 19.6. The molecule has 3 aromatic rings. The summed E-state index contributed by atoms with van der Waals surface area (Å²) in [4.78, 5) is 20.8. The molecule has 1 aromatic heterocycles. The van der Waals surface area contributed by atoms with Gasteiger partial charge in [-0.15, -0.1) is 0 Å². The molecule has 6 nitrogen and oxygen atoms in total. The number of amides is 1. The van der Waals surface area contributed by atoms with Crippen LogP contribution in [0.3, 0.4) is 0 Å². The van der Waals surface area contributed by atoms with Gasteiger partial charge in [-0.25, -0.2) is 9.97 Å². The predicted molar refractivity (Wildman–Crippen MR) is 111 cm³/mol. The van der Waals surface area contributed by atoms with E-state index in [0.29, 0.717) is 29.6 Å². The molecule has 0 saturated carbocycles. The minimum absolute atomic E-state index is 0.298. The van der Waals surface area contributed by atoms with Gasteiger partial charge in [0, 0.05) is 12.6 Å². The number of aryl methyl sites for hydroxylation is 1. The first kappa shape index (κ1) is 19.4. The van der Waals surface area contributed by atoms with Crippen molar-refractivity contribution in [2.24, 2.45) is 0 Å². The number of ether oxygens (including phenoxy) is 1. The average Bonchev–Trinajstić information content (AvgIpc) is 2.74. The van der Waals surface area contributed by atoms with Crippen LogP contribution in [0.25, 0.3) is 0 Å². The molecule has 0 unspecified atom stereocenters. The molecule has 6 heteroatoms. The van der Waals surface area contributed by atoms with E-state index >= 15 is 0 Å². The molecule has 3 rings (SSSR count). The van der Waals surface area contributed by atoms with E-state index in [2.05, 4.69) is 32.7 Å². The first-order valence-electron chi connectivity index (χ1n) is 9.39. The molecule has 2 N–H and O–H groups in total. The standard InChI is InChI=1S/C22H24N4O2/c1-2-28-20-13-7-6-12-18(20)26-22(27)19-15-21(25-16-24-19)23-14-8-11-17-9-4-3-5-10-17/h3-7,9-10,12-13,15-16H,2,8,11,14H2,1H3,(H,26,27)(H,23,24,25). The second-order valence-corrected chi connectivity index (χ2v) is 6.19. The highest BCUT2D eigenvalue weighted by Gasteiger charge is 2.12. The Bertz CT molecular complexity index is 900. The molecule has 2 aromatic carbocycles. The topological polar surface area (TPSA) is 76.1 Å². The van der Waals surface area contributed by atoms with Crippen LogP contribution in [0.15, 0.2) is 67.0 Å². The van der Waals surface area contributed by atoms with Gasteiger partial charge in [0.15, 0.2) is 0 Å². The number of para-hydroxylation sites is 2. The van der Waals surface area contributed by atoms with Gasteiger partial charge >= 0.3 is 0 Å². The Morgan fingerprint density at radius 1 is 1.04 bits per heavy atom. The average molecular weight is 376 g/mol. The highest BCUT2D eigenvalue weighted by atomic mass is 16.5. The molecule has 144 valence electrons. The van der Waals surface area contributed by atoms with E-state index in [9.17, 15) is 4.79 Å². The summed E-state index contributed by atoms with van der Waals surface area (Å²) in [6.07, 6.45) is 3.35. The van der Waals surface area contributed by atoms with E-state index in [1.54, 1.807) is 12.1 Å². The lowest BCUT2D eigenvalue weighted by atomic mass is 10.1. The van der Waals surface area contributed by atoms with E-state index in [0.717, 1.165) is 19.4 Å². The first-order chi connectivity index (χ1) is 13.8. The largest absolute Gasteiger partial charge is 0.492 e. The second kappa shape index (κ2) is 10.1. The van der Waals surface area contributed by atoms with Crippen molar-refractivity contribution >= 4 is 17.4 Å². The first-order valence-corrected chi connectivity index (χ1v) is 9.39. The second-order valence-electron chi connectivity index (χ2n) is 6.19. The van der Waals surface area contributed by atoms with Crippen LogP contribution < -0.4 is 15.4 Å². The van der Waals surface area contributed by atoms with Gasteiger partial charge < -0.3 is 15.4 Å². The van der Waals surface area contributed by atoms with Crippen molar-refractivity contribution < 1.29 is 9.53 Å². The van der Waals surface area contributed by atoms with E-state index in [4.69, 9.17) is 4.74 Å². The van der Waals surface area contributed by atoms with Crippen molar-refractivity contribution in [1.82, 2.24) is 9.97 Å². The number of hydrogen-bond acceptors (Lipinski definition) is 5. The molecule has 0 fully saturated rings. The minimum Gasteiger partial charge on any atom is -0.492 e. The molecule has 0 aliphatic rings. The lowest BCUT2D eigenvalue weighted by molar-refractivity contribution is 0.102. The zero-order valence-electron chi connectivity index (χ0n) is 15.9. The van der Waals surface area contributed by atoms with Gasteiger partial charge in [0.25, 0.3) is 5.91 Å². The normalized spacial score (nSPS) is 10.3. The summed E-state index contributed by atoms with van der Waals surface area (Å²) >= 11 is 0. The Balaban J connectivity index is 1.56. The molecule has 0 aliphatic heterocycles. The monoisotopic (exact) mass is 376 g/mol. The summed E-state index contributed by atoms with van der Waals surface area (Å²) in [5, 5.41) is 6.10. The number of carbonyl (C=O) groups excluding carboxylic acids is 1. The van der Waals surface area contributed by atoms with Crippen molar-refractivity contribution in [3.63, 3.8) is 0 Å². The fraction of sp³-hybridized carbons (Fsp3) is 0.227. The summed E-state index contributed by atoms with van der Waals surface area (Å²) in [7, 11) is 0. The summed E-state index contributed by atoms with van der Waals surface area (Å²) < 4.78 is 5.54. The third kappa shape index (κ3) is 5.54. The van der Waals surface area contributed by atoms with Crippen LogP contribution in [-0.2, 0) is 6.42 Å². The number of carbonyl (C=O) groups is 1. The number of anilines is 2. The SMILES string of the molecule is CCOc1ccccc1NC(=O)c1cc(NCCCc2ccccc2)ncn1. The van der Waals surface area contributed by atoms with Gasteiger partial charge in [0.05, 0.1) is 12.3 Å². The molecule has 1 heterocycles. The van der Waals surface area contributed by atoms with Gasteiger partial charge in [0.1, 0.15) is 23.6 Å². The molecule has 0 aliphatic carbocycles. The van der Waals surface area contributed by atoms with Gasteiger partial charge in [-0.05, 0) is 37.5 Å². The Hall–Kier alpha value is -3.41. The zero-order valence-corrected chi connectivity index (χ0v) is 15.9. The number of hydrogen-bond donors (Lipinski definition) is 2. The lowest BCUT2D eigenvalue weighted by Gasteiger charge is -2.11. The highest BCUT2D eigenvalue weighted by Crippen LogP contribution is 2.24. The van der Waals surface area contributed by atoms with Gasteiger partial charge in [0.2, 0.25) is 0 Å². The van der Waals surface area contributed by atoms with Crippen molar-refractivity contribution in [3.8, 4) is 5.75 Å². The molecule has 1 amide bonds. The highest BCUT2D eigenvalue weighted by molar-refractivity contribution is 6.04. The summed E-state index contributed by atoms with van der Waals surface area (Å²) in [5.74, 6) is 0.958. The number of nitrogens with one attached hydrogen (secondary N) is 2. The van der Waals surface area contributed by atoms with Crippen molar-refractivity contribution in [2.75, 3.05) is 23.8 Å². The number of aromatic nitrogens is 2. The van der Waals surface area contributed by atoms with Crippen molar-refractivity contribution in [2.45, 2.75) is 19.8 Å². The lowest BCUT2D eigenvalue weighted by Crippen LogP contribution is -2.15. The molecule has 0 radical (unpaired) electrons. The van der Waals surface area contributed by atoms with E-state index in [1.807, 2.05) is 43.3 Å². The van der Waals surface area contributed by atoms with Crippen LogP contribution >= 0.6 is 0 Å². The Morgan fingerprint density at radius 2 is 1.82 bits per heavy atom. The molecule has 0 atom stereocenters. The third-order valence-electron chi connectivity index (χ3n) is 4.13. The predicted octanol–water partition coefficient (Wildman–Crippen LogP) is 4.17. The summed E-state index contributed by atoms with van der Waals surface area (Å²) in [6, 6.07) is 19.3. The third-order valence-corrected chi connectivity index (χ3v) is 4.13. The quantitative estimate of drug-likeness (QED) is 0.548. The van der Waals surface area contributed by atoms with Crippen molar-refractivity contribution in [3.05, 3.63) is 78.2 Å². The van der Waals surface area contributed by atoms with Gasteiger partial charge in [-0.2, -0.15) is 0 Å². The van der Waals surface area contributed by atoms with E-state index in [-0.39, 0.29) is 5.91 Å². The molecular weight excluding hydrogens is 352 g/mol. The van der Waals surface area contributed by atoms with Crippen LogP contribution in [0, 0.1) is 0 Å². The Morgan fingerprint density at radius 3 is 2.64 bits per heavy atom. The van der Waals surface area contributed by atoms with E-state index in [1.165, 1.54) is 11.9 Å². The van der Waals surface area contributed by atoms with Crippen LogP contribution in [0.1, 0.15) is 29.4 Å². The number of nitrogens with zero attached hydrogens (tertiary/aromatic N) is 2. The molecular formula is C22H24N4O2. The molecule has 0 saturated heterocycles. The van der Waals surface area contributed by atoms with Crippen LogP contribution in [0.4, 0.5) is 11.5 Å². The maximum Gasteiger partial charge on any atom is 0.274 e. The van der Waals surface area contributed by atoms with Crippen LogP contribution in [0.5, 0.6) is 5.75 Å². The summed E-state index contributed by atoms with van der Waals surface area (Å²) in [6.45, 7) is 3.19. The molecule has 0 spiro atoms. The maximum atomic E-state index is 12.6. The molecule has 28 heavy (non-hydrogen) atoms.